The summed E-state index contributed by atoms with van der Waals surface area (Å²) in [5.74, 6) is 2.01. The molecule has 2 aromatic heterocycles. The summed E-state index contributed by atoms with van der Waals surface area (Å²) < 4.78 is 8.08. The number of aromatic nitrogens is 4. The van der Waals surface area contributed by atoms with Crippen molar-refractivity contribution in [2.75, 3.05) is 0 Å². The molecule has 0 aromatic carbocycles. The van der Waals surface area contributed by atoms with E-state index in [1.54, 1.807) is 0 Å². The van der Waals surface area contributed by atoms with Crippen molar-refractivity contribution < 1.29 is 4.52 Å². The minimum atomic E-state index is 0.518. The first-order valence-corrected chi connectivity index (χ1v) is 5.89. The summed E-state index contributed by atoms with van der Waals surface area (Å²) in [7, 11) is 0. The zero-order valence-electron chi connectivity index (χ0n) is 7.93. The molecule has 5 nitrogen and oxygen atoms in total. The van der Waals surface area contributed by atoms with Crippen LogP contribution >= 0.6 is 22.6 Å². The Balaban J connectivity index is 1.75. The Labute approximate surface area is 100.0 Å². The van der Waals surface area contributed by atoms with Crippen molar-refractivity contribution in [1.29, 1.82) is 0 Å². The van der Waals surface area contributed by atoms with Crippen LogP contribution in [-0.2, 0) is 6.54 Å². The van der Waals surface area contributed by atoms with Crippen molar-refractivity contribution in [2.45, 2.75) is 25.3 Å². The van der Waals surface area contributed by atoms with Gasteiger partial charge in [0.2, 0.25) is 5.89 Å². The first-order chi connectivity index (χ1) is 7.31. The molecular weight excluding hydrogens is 307 g/mol. The van der Waals surface area contributed by atoms with Gasteiger partial charge in [-0.2, -0.15) is 10.1 Å². The quantitative estimate of drug-likeness (QED) is 0.810. The molecule has 0 amide bonds. The molecule has 1 fully saturated rings. The van der Waals surface area contributed by atoms with E-state index >= 15 is 0 Å². The lowest BCUT2D eigenvalue weighted by molar-refractivity contribution is 0.372. The van der Waals surface area contributed by atoms with Crippen LogP contribution < -0.4 is 0 Å². The summed E-state index contributed by atoms with van der Waals surface area (Å²) in [5, 5.41) is 8.10. The maximum absolute atomic E-state index is 5.16. The van der Waals surface area contributed by atoms with Gasteiger partial charge in [-0.05, 0) is 35.4 Å². The molecule has 1 aliphatic carbocycles. The van der Waals surface area contributed by atoms with E-state index in [2.05, 4.69) is 37.8 Å². The Morgan fingerprint density at radius 1 is 1.53 bits per heavy atom. The van der Waals surface area contributed by atoms with Crippen LogP contribution in [0, 0.1) is 3.57 Å². The third-order valence-electron chi connectivity index (χ3n) is 2.32. The Bertz CT molecular complexity index is 474. The molecule has 1 saturated carbocycles. The number of halogens is 1. The van der Waals surface area contributed by atoms with Crippen molar-refractivity contribution in [2.24, 2.45) is 0 Å². The van der Waals surface area contributed by atoms with Crippen molar-refractivity contribution in [3.63, 3.8) is 0 Å². The predicted octanol–water partition coefficient (Wildman–Crippen LogP) is 1.80. The highest BCUT2D eigenvalue weighted by atomic mass is 127. The van der Waals surface area contributed by atoms with Gasteiger partial charge in [0.15, 0.2) is 5.82 Å². The molecule has 2 aromatic rings. The highest BCUT2D eigenvalue weighted by Gasteiger charge is 2.29. The molecule has 3 rings (SSSR count). The normalized spacial score (nSPS) is 15.8. The Kier molecular flexibility index (Phi) is 2.23. The number of nitrogens with zero attached hydrogens (tertiary/aromatic N) is 4. The second kappa shape index (κ2) is 3.58. The average Bonchev–Trinajstić information content (AvgIpc) is 2.84. The third-order valence-corrected chi connectivity index (χ3v) is 2.87. The van der Waals surface area contributed by atoms with E-state index in [1.807, 2.05) is 17.1 Å². The molecule has 0 spiro atoms. The smallest absolute Gasteiger partial charge is 0.229 e. The zero-order chi connectivity index (χ0) is 10.3. The van der Waals surface area contributed by atoms with Gasteiger partial charge in [0.05, 0.1) is 9.77 Å². The minimum absolute atomic E-state index is 0.518. The van der Waals surface area contributed by atoms with E-state index in [0.717, 1.165) is 9.46 Å². The van der Waals surface area contributed by atoms with Gasteiger partial charge in [-0.25, -0.2) is 0 Å². The first kappa shape index (κ1) is 9.32. The van der Waals surface area contributed by atoms with E-state index in [-0.39, 0.29) is 0 Å². The van der Waals surface area contributed by atoms with E-state index in [4.69, 9.17) is 4.52 Å². The molecule has 6 heteroatoms. The monoisotopic (exact) mass is 316 g/mol. The van der Waals surface area contributed by atoms with Crippen LogP contribution in [0.5, 0.6) is 0 Å². The van der Waals surface area contributed by atoms with E-state index in [1.165, 1.54) is 12.8 Å². The summed E-state index contributed by atoms with van der Waals surface area (Å²) in [6, 6.07) is 0. The van der Waals surface area contributed by atoms with Crippen LogP contribution in [0.25, 0.3) is 0 Å². The summed E-state index contributed by atoms with van der Waals surface area (Å²) >= 11 is 2.22. The third kappa shape index (κ3) is 2.04. The van der Waals surface area contributed by atoms with Crippen molar-refractivity contribution >= 4 is 22.6 Å². The molecule has 0 aliphatic heterocycles. The molecule has 0 radical (unpaired) electrons. The molecule has 0 bridgehead atoms. The van der Waals surface area contributed by atoms with Crippen LogP contribution in [0.4, 0.5) is 0 Å². The van der Waals surface area contributed by atoms with Gasteiger partial charge in [0.1, 0.15) is 6.54 Å². The molecule has 1 aliphatic rings. The molecular formula is C9H9IN4O. The van der Waals surface area contributed by atoms with E-state index < -0.39 is 0 Å². The lowest BCUT2D eigenvalue weighted by Gasteiger charge is -1.93. The van der Waals surface area contributed by atoms with Crippen LogP contribution in [0.1, 0.15) is 30.5 Å². The van der Waals surface area contributed by atoms with Crippen LogP contribution in [-0.4, -0.2) is 19.9 Å². The zero-order valence-corrected chi connectivity index (χ0v) is 10.1. The Morgan fingerprint density at radius 2 is 2.40 bits per heavy atom. The average molecular weight is 316 g/mol. The summed E-state index contributed by atoms with van der Waals surface area (Å²) in [5.41, 5.74) is 0. The molecule has 0 saturated heterocycles. The van der Waals surface area contributed by atoms with Gasteiger partial charge >= 0.3 is 0 Å². The molecule has 0 atom stereocenters. The predicted molar refractivity (Wildman–Crippen MR) is 60.3 cm³/mol. The summed E-state index contributed by atoms with van der Waals surface area (Å²) in [6.45, 7) is 0.583. The van der Waals surface area contributed by atoms with Gasteiger partial charge < -0.3 is 4.52 Å². The summed E-state index contributed by atoms with van der Waals surface area (Å²) in [6.07, 6.45) is 6.12. The molecule has 2 heterocycles. The van der Waals surface area contributed by atoms with Gasteiger partial charge in [-0.1, -0.05) is 5.16 Å². The maximum atomic E-state index is 5.16. The standard InChI is InChI=1S/C9H9IN4O/c10-7-3-11-14(4-7)5-8-12-9(15-13-8)6-1-2-6/h3-4,6H,1-2,5H2. The largest absolute Gasteiger partial charge is 0.339 e. The second-order valence-electron chi connectivity index (χ2n) is 3.68. The SMILES string of the molecule is Ic1cnn(Cc2noc(C3CC3)n2)c1. The minimum Gasteiger partial charge on any atom is -0.339 e. The van der Waals surface area contributed by atoms with Gasteiger partial charge in [-0.15, -0.1) is 0 Å². The number of hydrogen-bond acceptors (Lipinski definition) is 4. The fraction of sp³-hybridized carbons (Fsp3) is 0.444. The van der Waals surface area contributed by atoms with E-state index in [0.29, 0.717) is 18.3 Å². The number of rotatable bonds is 3. The van der Waals surface area contributed by atoms with Crippen molar-refractivity contribution in [1.82, 2.24) is 19.9 Å². The molecule has 15 heavy (non-hydrogen) atoms. The fourth-order valence-corrected chi connectivity index (χ4v) is 1.84. The fourth-order valence-electron chi connectivity index (χ4n) is 1.40. The molecule has 78 valence electrons. The molecule has 0 unspecified atom stereocenters. The first-order valence-electron chi connectivity index (χ1n) is 4.82. The Hall–Kier alpha value is -0.920. The topological polar surface area (TPSA) is 56.7 Å². The van der Waals surface area contributed by atoms with Crippen molar-refractivity contribution in [3.8, 4) is 0 Å². The van der Waals surface area contributed by atoms with Crippen molar-refractivity contribution in [3.05, 3.63) is 27.7 Å². The lowest BCUT2D eigenvalue weighted by Crippen LogP contribution is -2.01. The lowest BCUT2D eigenvalue weighted by atomic mass is 10.4. The second-order valence-corrected chi connectivity index (χ2v) is 4.92. The van der Waals surface area contributed by atoms with Crippen LogP contribution in [0.3, 0.4) is 0 Å². The number of hydrogen-bond donors (Lipinski definition) is 0. The van der Waals surface area contributed by atoms with Crippen LogP contribution in [0.15, 0.2) is 16.9 Å². The molecule has 0 N–H and O–H groups in total. The van der Waals surface area contributed by atoms with Gasteiger partial charge in [0, 0.05) is 12.1 Å². The van der Waals surface area contributed by atoms with E-state index in [9.17, 15) is 0 Å². The Morgan fingerprint density at radius 3 is 3.07 bits per heavy atom. The highest BCUT2D eigenvalue weighted by Crippen LogP contribution is 2.38. The van der Waals surface area contributed by atoms with Crippen LogP contribution in [0.2, 0.25) is 0 Å². The van der Waals surface area contributed by atoms with Gasteiger partial charge in [0.25, 0.3) is 0 Å². The van der Waals surface area contributed by atoms with Gasteiger partial charge in [-0.3, -0.25) is 4.68 Å². The maximum Gasteiger partial charge on any atom is 0.229 e. The highest BCUT2D eigenvalue weighted by molar-refractivity contribution is 14.1. The summed E-state index contributed by atoms with van der Waals surface area (Å²) in [4.78, 5) is 4.34.